The Morgan fingerprint density at radius 3 is 2.64 bits per heavy atom. The average Bonchev–Trinajstić information content (AvgIpc) is 3.39. The number of piperazine rings is 1. The topological polar surface area (TPSA) is 120 Å². The Bertz CT molecular complexity index is 1320. The Balaban J connectivity index is 1.16. The van der Waals surface area contributed by atoms with Crippen molar-refractivity contribution in [1.29, 1.82) is 0 Å². The lowest BCUT2D eigenvalue weighted by atomic mass is 10.1. The van der Waals surface area contributed by atoms with Crippen molar-refractivity contribution in [2.45, 2.75) is 31.9 Å². The molecule has 0 bridgehead atoms. The van der Waals surface area contributed by atoms with Crippen molar-refractivity contribution >= 4 is 33.1 Å². The zero-order valence-corrected chi connectivity index (χ0v) is 21.2. The Morgan fingerprint density at radius 2 is 2.00 bits per heavy atom. The quantitative estimate of drug-likeness (QED) is 0.391. The fourth-order valence-electron chi connectivity index (χ4n) is 4.56. The molecule has 1 fully saturated rings. The molecule has 192 valence electrons. The van der Waals surface area contributed by atoms with E-state index in [0.29, 0.717) is 61.3 Å². The second kappa shape index (κ2) is 9.41. The maximum atomic E-state index is 13.2. The standard InChI is InChI=1S/C23H26ClN5O6S/c1-23(15-27-14-21(29(30)31)25-22(27)35-23)16-34-19-5-7-20(8-6-19)36(32,33)28-11-9-26(10-12-28)18-4-2-3-17(24)13-18/h2-5,7,13-14H,6,8-12,15-16H2,1H3/t23-/m1/s1. The van der Waals surface area contributed by atoms with Gasteiger partial charge < -0.3 is 24.5 Å². The summed E-state index contributed by atoms with van der Waals surface area (Å²) < 4.78 is 41.2. The number of aromatic nitrogens is 2. The number of fused-ring (bicyclic) bond motifs is 1. The van der Waals surface area contributed by atoms with Gasteiger partial charge in [0, 0.05) is 48.3 Å². The number of allylic oxidation sites excluding steroid dienone is 4. The van der Waals surface area contributed by atoms with Crippen LogP contribution in [0.1, 0.15) is 19.8 Å². The van der Waals surface area contributed by atoms with E-state index in [2.05, 4.69) is 9.88 Å². The molecule has 11 nitrogen and oxygen atoms in total. The molecule has 1 atom stereocenters. The van der Waals surface area contributed by atoms with E-state index >= 15 is 0 Å². The average molecular weight is 536 g/mol. The largest absolute Gasteiger partial charge is 0.494 e. The summed E-state index contributed by atoms with van der Waals surface area (Å²) >= 11 is 6.09. The zero-order valence-electron chi connectivity index (χ0n) is 19.7. The molecule has 36 heavy (non-hydrogen) atoms. The maximum absolute atomic E-state index is 13.2. The Labute approximate surface area is 213 Å². The first kappa shape index (κ1) is 24.6. The third-order valence-corrected chi connectivity index (χ3v) is 8.76. The second-order valence-corrected chi connectivity index (χ2v) is 11.7. The number of hydrogen-bond acceptors (Lipinski definition) is 8. The van der Waals surface area contributed by atoms with Crippen LogP contribution in [0.25, 0.3) is 0 Å². The molecule has 1 aliphatic carbocycles. The van der Waals surface area contributed by atoms with Crippen LogP contribution in [0, 0.1) is 10.1 Å². The highest BCUT2D eigenvalue weighted by atomic mass is 35.5. The van der Waals surface area contributed by atoms with E-state index in [4.69, 9.17) is 21.1 Å². The first-order valence-electron chi connectivity index (χ1n) is 11.6. The van der Waals surface area contributed by atoms with Crippen molar-refractivity contribution in [2.24, 2.45) is 0 Å². The summed E-state index contributed by atoms with van der Waals surface area (Å²) in [5.74, 6) is 0.410. The third kappa shape index (κ3) is 4.93. The van der Waals surface area contributed by atoms with Crippen molar-refractivity contribution < 1.29 is 22.8 Å². The van der Waals surface area contributed by atoms with Gasteiger partial charge >= 0.3 is 11.8 Å². The second-order valence-electron chi connectivity index (χ2n) is 9.24. The highest BCUT2D eigenvalue weighted by molar-refractivity contribution is 7.93. The molecular formula is C23H26ClN5O6S. The van der Waals surface area contributed by atoms with E-state index in [1.807, 2.05) is 31.2 Å². The van der Waals surface area contributed by atoms with Gasteiger partial charge in [-0.05, 0) is 48.6 Å². The SMILES string of the molecule is C[C@]1(COC2=CC=C(S(=O)(=O)N3CCN(c4cccc(Cl)c4)CC3)CC2)Cn2cc([N+](=O)[O-])nc2O1. The van der Waals surface area contributed by atoms with Crippen molar-refractivity contribution in [3.8, 4) is 6.01 Å². The molecule has 2 aliphatic heterocycles. The molecule has 1 aromatic carbocycles. The van der Waals surface area contributed by atoms with E-state index < -0.39 is 20.5 Å². The molecule has 0 N–H and O–H groups in total. The summed E-state index contributed by atoms with van der Waals surface area (Å²) in [6.07, 6.45) is 5.47. The first-order valence-corrected chi connectivity index (χ1v) is 13.4. The molecule has 0 radical (unpaired) electrons. The van der Waals surface area contributed by atoms with Gasteiger partial charge in [0.05, 0.1) is 17.2 Å². The van der Waals surface area contributed by atoms with Crippen LogP contribution in [0.15, 0.2) is 53.3 Å². The van der Waals surface area contributed by atoms with Gasteiger partial charge in [0.2, 0.25) is 10.0 Å². The minimum atomic E-state index is -3.55. The third-order valence-electron chi connectivity index (χ3n) is 6.48. The van der Waals surface area contributed by atoms with E-state index in [1.54, 1.807) is 16.7 Å². The van der Waals surface area contributed by atoms with Crippen molar-refractivity contribution in [3.05, 3.63) is 68.4 Å². The van der Waals surface area contributed by atoms with Crippen LogP contribution < -0.4 is 9.64 Å². The van der Waals surface area contributed by atoms with Gasteiger partial charge in [-0.2, -0.15) is 4.31 Å². The molecule has 0 spiro atoms. The smallest absolute Gasteiger partial charge is 0.415 e. The molecule has 2 aromatic rings. The number of halogens is 1. The lowest BCUT2D eigenvalue weighted by Crippen LogP contribution is -2.49. The van der Waals surface area contributed by atoms with Crippen LogP contribution in [0.2, 0.25) is 5.02 Å². The molecule has 5 rings (SSSR count). The van der Waals surface area contributed by atoms with Crippen molar-refractivity contribution in [3.63, 3.8) is 0 Å². The zero-order chi connectivity index (χ0) is 25.5. The van der Waals surface area contributed by atoms with Gasteiger partial charge in [-0.25, -0.2) is 8.42 Å². The van der Waals surface area contributed by atoms with Gasteiger partial charge in [-0.1, -0.05) is 17.7 Å². The number of rotatable bonds is 7. The van der Waals surface area contributed by atoms with Crippen LogP contribution >= 0.6 is 11.6 Å². The maximum Gasteiger partial charge on any atom is 0.415 e. The Kier molecular flexibility index (Phi) is 6.43. The van der Waals surface area contributed by atoms with E-state index in [9.17, 15) is 18.5 Å². The van der Waals surface area contributed by atoms with Crippen LogP contribution in [0.3, 0.4) is 0 Å². The predicted octanol–water partition coefficient (Wildman–Crippen LogP) is 3.33. The molecule has 13 heteroatoms. The lowest BCUT2D eigenvalue weighted by molar-refractivity contribution is -0.389. The summed E-state index contributed by atoms with van der Waals surface area (Å²) in [4.78, 5) is 16.7. The summed E-state index contributed by atoms with van der Waals surface area (Å²) in [7, 11) is -3.55. The molecule has 0 amide bonds. The Morgan fingerprint density at radius 1 is 1.22 bits per heavy atom. The van der Waals surface area contributed by atoms with Crippen LogP contribution in [0.5, 0.6) is 6.01 Å². The molecule has 0 unspecified atom stereocenters. The highest BCUT2D eigenvalue weighted by Crippen LogP contribution is 2.33. The van der Waals surface area contributed by atoms with Crippen molar-refractivity contribution in [1.82, 2.24) is 13.9 Å². The summed E-state index contributed by atoms with van der Waals surface area (Å²) in [5.41, 5.74) is 0.264. The molecule has 1 aromatic heterocycles. The van der Waals surface area contributed by atoms with Gasteiger partial charge in [0.25, 0.3) is 0 Å². The molecule has 0 saturated carbocycles. The summed E-state index contributed by atoms with van der Waals surface area (Å²) in [5, 5.41) is 11.5. The monoisotopic (exact) mass is 535 g/mol. The highest BCUT2D eigenvalue weighted by Gasteiger charge is 2.41. The number of ether oxygens (including phenoxy) is 2. The van der Waals surface area contributed by atoms with E-state index in [0.717, 1.165) is 5.69 Å². The normalized spacial score (nSPS) is 22.4. The number of imidazole rings is 1. The number of nitro groups is 1. The number of benzene rings is 1. The van der Waals surface area contributed by atoms with E-state index in [-0.39, 0.29) is 18.4 Å². The van der Waals surface area contributed by atoms with Gasteiger partial charge in [-0.3, -0.25) is 4.57 Å². The van der Waals surface area contributed by atoms with Gasteiger partial charge in [0.15, 0.2) is 5.60 Å². The molecule has 3 aliphatic rings. The van der Waals surface area contributed by atoms with E-state index in [1.165, 1.54) is 10.5 Å². The number of anilines is 1. The summed E-state index contributed by atoms with van der Waals surface area (Å²) in [6, 6.07) is 7.75. The molecule has 3 heterocycles. The van der Waals surface area contributed by atoms with Crippen LogP contribution in [0.4, 0.5) is 11.5 Å². The number of hydrogen-bond donors (Lipinski definition) is 0. The molecular weight excluding hydrogens is 510 g/mol. The molecule has 1 saturated heterocycles. The fourth-order valence-corrected chi connectivity index (χ4v) is 6.32. The van der Waals surface area contributed by atoms with Gasteiger partial charge in [-0.15, -0.1) is 0 Å². The van der Waals surface area contributed by atoms with Crippen molar-refractivity contribution in [2.75, 3.05) is 37.7 Å². The lowest BCUT2D eigenvalue weighted by Gasteiger charge is -2.36. The van der Waals surface area contributed by atoms with Gasteiger partial charge in [0.1, 0.15) is 12.8 Å². The predicted molar refractivity (Wildman–Crippen MR) is 133 cm³/mol. The minimum absolute atomic E-state index is 0.189. The van der Waals surface area contributed by atoms with Crippen LogP contribution in [-0.4, -0.2) is 65.6 Å². The first-order chi connectivity index (χ1) is 17.1. The van der Waals surface area contributed by atoms with Crippen LogP contribution in [-0.2, 0) is 21.3 Å². The number of sulfonamides is 1. The minimum Gasteiger partial charge on any atom is -0.494 e. The summed E-state index contributed by atoms with van der Waals surface area (Å²) in [6.45, 7) is 4.41. The number of nitrogens with zero attached hydrogens (tertiary/aromatic N) is 5. The Hall–Kier alpha value is -3.09. The fraction of sp³-hybridized carbons (Fsp3) is 0.435.